The molecule has 0 bridgehead atoms. The lowest BCUT2D eigenvalue weighted by Gasteiger charge is -2.17. The molecule has 1 N–H and O–H groups in total. The van der Waals surface area contributed by atoms with Crippen LogP contribution in [0.3, 0.4) is 0 Å². The van der Waals surface area contributed by atoms with Gasteiger partial charge in [0.05, 0.1) is 24.7 Å². The van der Waals surface area contributed by atoms with Crippen LogP contribution in [0.5, 0.6) is 17.2 Å². The molecule has 0 spiro atoms. The van der Waals surface area contributed by atoms with Gasteiger partial charge in [-0.2, -0.15) is 0 Å². The summed E-state index contributed by atoms with van der Waals surface area (Å²) >= 11 is 6.28. The van der Waals surface area contributed by atoms with Crippen molar-refractivity contribution in [3.05, 3.63) is 59.0 Å². The van der Waals surface area contributed by atoms with E-state index in [1.54, 1.807) is 6.08 Å². The first kappa shape index (κ1) is 21.2. The maximum Gasteiger partial charge on any atom is 0.263 e. The largest absolute Gasteiger partial charge is 0.493 e. The zero-order valence-corrected chi connectivity index (χ0v) is 18.0. The summed E-state index contributed by atoms with van der Waals surface area (Å²) in [4.78, 5) is 12.4. The van der Waals surface area contributed by atoms with Crippen molar-refractivity contribution in [2.24, 2.45) is 5.92 Å². The Kier molecular flexibility index (Phi) is 7.55. The summed E-state index contributed by atoms with van der Waals surface area (Å²) in [7, 11) is 0. The Morgan fingerprint density at radius 2 is 1.83 bits per heavy atom. The molecule has 1 atom stereocenters. The number of benzene rings is 2. The Labute approximate surface area is 180 Å². The molecular weight excluding hydrogens is 406 g/mol. The summed E-state index contributed by atoms with van der Waals surface area (Å²) in [6.07, 6.45) is 1.79. The number of nitrogens with one attached hydrogen (secondary N) is 1. The number of carbonyl (C=O) groups is 1. The highest BCUT2D eigenvalue weighted by molar-refractivity contribution is 8.26. The van der Waals surface area contributed by atoms with Crippen LogP contribution in [0.15, 0.2) is 53.4 Å². The number of hydrogen-bond donors (Lipinski definition) is 1. The maximum atomic E-state index is 11.9. The van der Waals surface area contributed by atoms with E-state index in [0.29, 0.717) is 40.5 Å². The molecule has 2 aromatic carbocycles. The molecule has 7 heteroatoms. The minimum absolute atomic E-state index is 0.175. The predicted octanol–water partition coefficient (Wildman–Crippen LogP) is 4.67. The number of hydrogen-bond acceptors (Lipinski definition) is 6. The molecule has 0 unspecified atom stereocenters. The van der Waals surface area contributed by atoms with Crippen molar-refractivity contribution in [2.45, 2.75) is 13.8 Å². The van der Waals surface area contributed by atoms with E-state index < -0.39 is 0 Å². The normalized spacial score (nSPS) is 15.9. The maximum absolute atomic E-state index is 11.9. The summed E-state index contributed by atoms with van der Waals surface area (Å²) in [5, 5.41) is 2.61. The van der Waals surface area contributed by atoms with Crippen LogP contribution in [0.2, 0.25) is 0 Å². The molecule has 5 nitrogen and oxygen atoms in total. The zero-order chi connectivity index (χ0) is 20.6. The summed E-state index contributed by atoms with van der Waals surface area (Å²) in [6.45, 7) is 5.57. The molecule has 1 fully saturated rings. The molecule has 1 aliphatic heterocycles. The van der Waals surface area contributed by atoms with Crippen molar-refractivity contribution in [3.63, 3.8) is 0 Å². The van der Waals surface area contributed by atoms with E-state index in [9.17, 15) is 4.79 Å². The zero-order valence-electron chi connectivity index (χ0n) is 16.3. The topological polar surface area (TPSA) is 56.8 Å². The first-order valence-electron chi connectivity index (χ1n) is 9.37. The fraction of sp³-hybridized carbons (Fsp3) is 0.273. The molecule has 0 radical (unpaired) electrons. The van der Waals surface area contributed by atoms with Gasteiger partial charge in [0.15, 0.2) is 11.5 Å². The van der Waals surface area contributed by atoms with E-state index in [1.165, 1.54) is 11.8 Å². The third-order valence-electron chi connectivity index (χ3n) is 4.01. The Bertz CT molecular complexity index is 899. The van der Waals surface area contributed by atoms with Gasteiger partial charge in [-0.1, -0.05) is 55.2 Å². The average molecular weight is 430 g/mol. The van der Waals surface area contributed by atoms with E-state index in [4.69, 9.17) is 26.4 Å². The minimum Gasteiger partial charge on any atom is -0.493 e. The highest BCUT2D eigenvalue weighted by atomic mass is 32.2. The van der Waals surface area contributed by atoms with Gasteiger partial charge in [-0.3, -0.25) is 4.79 Å². The molecule has 1 aliphatic rings. The third-order valence-corrected chi connectivity index (χ3v) is 5.17. The molecule has 2 aromatic rings. The third kappa shape index (κ3) is 6.24. The number of thioether (sulfide) groups is 1. The van der Waals surface area contributed by atoms with Crippen LogP contribution < -0.4 is 19.5 Å². The Balaban J connectivity index is 1.62. The number of para-hydroxylation sites is 1. The number of rotatable bonds is 9. The van der Waals surface area contributed by atoms with Gasteiger partial charge in [0, 0.05) is 5.92 Å². The van der Waals surface area contributed by atoms with Crippen LogP contribution in [0, 0.1) is 5.92 Å². The lowest BCUT2D eigenvalue weighted by Crippen LogP contribution is -2.17. The molecule has 1 saturated heterocycles. The number of thiocarbonyl (C=S) groups is 1. The number of ether oxygens (including phenoxy) is 3. The molecule has 0 aliphatic carbocycles. The van der Waals surface area contributed by atoms with Crippen molar-refractivity contribution in [1.82, 2.24) is 5.32 Å². The first-order valence-corrected chi connectivity index (χ1v) is 10.6. The SMILES string of the molecule is CCOc1cc(/C=C2/SC(=S)NC2=O)ccc1OC[C@H](C)COc1ccccc1. The van der Waals surface area contributed by atoms with E-state index in [-0.39, 0.29) is 11.8 Å². The van der Waals surface area contributed by atoms with Crippen molar-refractivity contribution in [1.29, 1.82) is 0 Å². The second kappa shape index (κ2) is 10.3. The van der Waals surface area contributed by atoms with Crippen molar-refractivity contribution in [2.75, 3.05) is 19.8 Å². The molecule has 1 amide bonds. The van der Waals surface area contributed by atoms with Gasteiger partial charge in [-0.25, -0.2) is 0 Å². The number of amides is 1. The van der Waals surface area contributed by atoms with Gasteiger partial charge in [0.25, 0.3) is 5.91 Å². The van der Waals surface area contributed by atoms with E-state index in [2.05, 4.69) is 12.2 Å². The molecule has 3 rings (SSSR count). The van der Waals surface area contributed by atoms with Gasteiger partial charge < -0.3 is 19.5 Å². The van der Waals surface area contributed by atoms with Crippen LogP contribution in [-0.2, 0) is 4.79 Å². The summed E-state index contributed by atoms with van der Waals surface area (Å²) in [5.41, 5.74) is 0.851. The fourth-order valence-corrected chi connectivity index (χ4v) is 3.65. The summed E-state index contributed by atoms with van der Waals surface area (Å²) < 4.78 is 18.0. The smallest absolute Gasteiger partial charge is 0.263 e. The fourth-order valence-electron chi connectivity index (χ4n) is 2.61. The minimum atomic E-state index is -0.175. The van der Waals surface area contributed by atoms with Gasteiger partial charge in [0.1, 0.15) is 10.1 Å². The highest BCUT2D eigenvalue weighted by Gasteiger charge is 2.22. The average Bonchev–Trinajstić information content (AvgIpc) is 3.03. The first-order chi connectivity index (χ1) is 14.0. The van der Waals surface area contributed by atoms with Gasteiger partial charge in [-0.15, -0.1) is 0 Å². The predicted molar refractivity (Wildman–Crippen MR) is 121 cm³/mol. The Hall–Kier alpha value is -2.51. The van der Waals surface area contributed by atoms with Gasteiger partial charge in [-0.05, 0) is 42.8 Å². The van der Waals surface area contributed by atoms with Gasteiger partial charge >= 0.3 is 0 Å². The molecule has 29 heavy (non-hydrogen) atoms. The van der Waals surface area contributed by atoms with E-state index in [0.717, 1.165) is 11.3 Å². The summed E-state index contributed by atoms with van der Waals surface area (Å²) in [6, 6.07) is 15.3. The lowest BCUT2D eigenvalue weighted by atomic mass is 10.1. The van der Waals surface area contributed by atoms with Crippen LogP contribution in [0.4, 0.5) is 0 Å². The standard InChI is InChI=1S/C22H23NO4S2/c1-3-25-19-11-16(12-20-21(24)23-22(28)29-20)9-10-18(19)27-14-15(2)13-26-17-7-5-4-6-8-17/h4-12,15H,3,13-14H2,1-2H3,(H,23,24,28)/b20-12+/t15-/m1/s1. The lowest BCUT2D eigenvalue weighted by molar-refractivity contribution is -0.115. The van der Waals surface area contributed by atoms with Crippen LogP contribution in [-0.4, -0.2) is 30.0 Å². The van der Waals surface area contributed by atoms with Crippen LogP contribution in [0.1, 0.15) is 19.4 Å². The number of carbonyl (C=O) groups excluding carboxylic acids is 1. The second-order valence-corrected chi connectivity index (χ2v) is 8.25. The Morgan fingerprint density at radius 1 is 1.07 bits per heavy atom. The van der Waals surface area contributed by atoms with Crippen LogP contribution in [0.25, 0.3) is 6.08 Å². The monoisotopic (exact) mass is 429 g/mol. The van der Waals surface area contributed by atoms with Crippen molar-refractivity contribution < 1.29 is 19.0 Å². The van der Waals surface area contributed by atoms with Crippen molar-refractivity contribution in [3.8, 4) is 17.2 Å². The molecule has 1 heterocycles. The highest BCUT2D eigenvalue weighted by Crippen LogP contribution is 2.32. The van der Waals surface area contributed by atoms with E-state index in [1.807, 2.05) is 55.5 Å². The molecule has 0 aromatic heterocycles. The quantitative estimate of drug-likeness (QED) is 0.462. The van der Waals surface area contributed by atoms with E-state index >= 15 is 0 Å². The molecule has 152 valence electrons. The van der Waals surface area contributed by atoms with Crippen molar-refractivity contribution >= 4 is 40.3 Å². The summed E-state index contributed by atoms with van der Waals surface area (Å²) in [5.74, 6) is 2.18. The Morgan fingerprint density at radius 3 is 2.52 bits per heavy atom. The second-order valence-electron chi connectivity index (χ2n) is 6.53. The van der Waals surface area contributed by atoms with Gasteiger partial charge in [0.2, 0.25) is 0 Å². The van der Waals surface area contributed by atoms with Crippen LogP contribution >= 0.6 is 24.0 Å². The molecule has 0 saturated carbocycles. The molecular formula is C22H23NO4S2.